The summed E-state index contributed by atoms with van der Waals surface area (Å²) in [6.07, 6.45) is 4.54. The number of carbonyl (C=O) groups is 1. The van der Waals surface area contributed by atoms with Crippen LogP contribution in [0.3, 0.4) is 0 Å². The Balaban J connectivity index is 2.74. The van der Waals surface area contributed by atoms with E-state index in [-0.39, 0.29) is 24.2 Å². The van der Waals surface area contributed by atoms with Crippen molar-refractivity contribution in [1.29, 1.82) is 0 Å². The van der Waals surface area contributed by atoms with E-state index in [1.54, 1.807) is 31.2 Å². The first-order valence-corrected chi connectivity index (χ1v) is 11.3. The molecule has 1 aromatic carbocycles. The summed E-state index contributed by atoms with van der Waals surface area (Å²) in [5.74, 6) is -1.61. The Labute approximate surface area is 176 Å². The van der Waals surface area contributed by atoms with Crippen molar-refractivity contribution < 1.29 is 22.7 Å². The molecular weight excluding hydrogens is 409 g/mol. The van der Waals surface area contributed by atoms with Gasteiger partial charge in [-0.1, -0.05) is 32.9 Å². The Hall–Kier alpha value is -2.81. The number of aliphatic carboxylic acids is 1. The molecule has 2 rings (SSSR count). The number of rotatable bonds is 8. The molecule has 0 saturated carbocycles. The maximum absolute atomic E-state index is 13.5. The molecule has 0 aliphatic rings. The van der Waals surface area contributed by atoms with Gasteiger partial charge in [-0.15, -0.1) is 0 Å². The number of sulfonamides is 1. The van der Waals surface area contributed by atoms with Gasteiger partial charge in [0.25, 0.3) is 0 Å². The highest BCUT2D eigenvalue weighted by Crippen LogP contribution is 2.32. The lowest BCUT2D eigenvalue weighted by Crippen LogP contribution is -2.27. The number of aromatic nitrogens is 2. The maximum atomic E-state index is 13.5. The van der Waals surface area contributed by atoms with Crippen LogP contribution in [0.2, 0.25) is 0 Å². The molecular formula is C21H26FN3O4S. The summed E-state index contributed by atoms with van der Waals surface area (Å²) in [4.78, 5) is 19.9. The highest BCUT2D eigenvalue weighted by Gasteiger charge is 2.22. The molecule has 1 N–H and O–H groups in total. The predicted octanol–water partition coefficient (Wildman–Crippen LogP) is 3.93. The van der Waals surface area contributed by atoms with Gasteiger partial charge in [0, 0.05) is 18.2 Å². The van der Waals surface area contributed by atoms with Crippen molar-refractivity contribution in [3.8, 4) is 11.3 Å². The summed E-state index contributed by atoms with van der Waals surface area (Å²) < 4.78 is 38.5. The molecule has 30 heavy (non-hydrogen) atoms. The van der Waals surface area contributed by atoms with E-state index in [9.17, 15) is 17.6 Å². The van der Waals surface area contributed by atoms with Crippen molar-refractivity contribution in [1.82, 2.24) is 9.97 Å². The maximum Gasteiger partial charge on any atom is 0.303 e. The topological polar surface area (TPSA) is 100 Å². The summed E-state index contributed by atoms with van der Waals surface area (Å²) >= 11 is 0. The molecule has 0 fully saturated rings. The molecule has 0 aliphatic carbocycles. The zero-order chi connectivity index (χ0) is 22.6. The van der Waals surface area contributed by atoms with Gasteiger partial charge in [0.05, 0.1) is 24.1 Å². The molecule has 0 saturated heterocycles. The molecule has 1 heterocycles. The molecule has 1 aromatic heterocycles. The van der Waals surface area contributed by atoms with Crippen LogP contribution in [0, 0.1) is 11.7 Å². The fourth-order valence-electron chi connectivity index (χ4n) is 2.80. The Bertz CT molecular complexity index is 1050. The van der Waals surface area contributed by atoms with Gasteiger partial charge in [0.1, 0.15) is 5.82 Å². The van der Waals surface area contributed by atoms with Gasteiger partial charge in [-0.05, 0) is 36.1 Å². The van der Waals surface area contributed by atoms with Crippen LogP contribution in [-0.4, -0.2) is 42.8 Å². The summed E-state index contributed by atoms with van der Waals surface area (Å²) in [6.45, 7) is 5.61. The Morgan fingerprint density at radius 1 is 1.20 bits per heavy atom. The van der Waals surface area contributed by atoms with Gasteiger partial charge in [0.2, 0.25) is 16.0 Å². The molecule has 162 valence electrons. The van der Waals surface area contributed by atoms with E-state index in [0.717, 1.165) is 10.6 Å². The smallest absolute Gasteiger partial charge is 0.303 e. The minimum atomic E-state index is -3.59. The van der Waals surface area contributed by atoms with Crippen molar-refractivity contribution >= 4 is 28.0 Å². The minimum absolute atomic E-state index is 0.0104. The first-order valence-electron chi connectivity index (χ1n) is 9.42. The number of allylic oxidation sites excluding steroid dienone is 1. The van der Waals surface area contributed by atoms with Crippen molar-refractivity contribution in [2.24, 2.45) is 5.92 Å². The second-order valence-electron chi connectivity index (χ2n) is 7.50. The monoisotopic (exact) mass is 435 g/mol. The summed E-state index contributed by atoms with van der Waals surface area (Å²) in [5.41, 5.74) is 2.28. The van der Waals surface area contributed by atoms with Crippen LogP contribution in [0.1, 0.15) is 44.4 Å². The molecule has 7 nitrogen and oxygen atoms in total. The fraction of sp³-hybridized carbons (Fsp3) is 0.381. The average Bonchev–Trinajstić information content (AvgIpc) is 2.64. The lowest BCUT2D eigenvalue weighted by atomic mass is 9.96. The molecule has 2 aromatic rings. The summed E-state index contributed by atoms with van der Waals surface area (Å²) in [5, 5.41) is 9.00. The molecule has 1 atom stereocenters. The summed E-state index contributed by atoms with van der Waals surface area (Å²) in [7, 11) is -2.22. The number of carboxylic acid groups (broad SMARTS) is 1. The van der Waals surface area contributed by atoms with Gasteiger partial charge in [-0.3, -0.25) is 4.79 Å². The lowest BCUT2D eigenvalue weighted by Gasteiger charge is -2.20. The number of carboxylic acids is 1. The fourth-order valence-corrected chi connectivity index (χ4v) is 3.18. The number of hydrogen-bond donors (Lipinski definition) is 1. The van der Waals surface area contributed by atoms with E-state index in [2.05, 4.69) is 9.97 Å². The normalized spacial score (nSPS) is 13.0. The molecule has 0 spiro atoms. The van der Waals surface area contributed by atoms with E-state index in [1.807, 2.05) is 13.8 Å². The van der Waals surface area contributed by atoms with Crippen LogP contribution in [-0.2, 0) is 14.8 Å². The van der Waals surface area contributed by atoms with Gasteiger partial charge in [-0.2, -0.15) is 0 Å². The molecule has 0 amide bonds. The van der Waals surface area contributed by atoms with Crippen LogP contribution in [0.5, 0.6) is 0 Å². The third-order valence-electron chi connectivity index (χ3n) is 4.49. The average molecular weight is 436 g/mol. The lowest BCUT2D eigenvalue weighted by molar-refractivity contribution is -0.137. The number of anilines is 1. The van der Waals surface area contributed by atoms with E-state index >= 15 is 0 Å². The summed E-state index contributed by atoms with van der Waals surface area (Å²) in [6, 6.07) is 5.72. The quantitative estimate of drug-likeness (QED) is 0.674. The van der Waals surface area contributed by atoms with Crippen LogP contribution in [0.25, 0.3) is 17.3 Å². The van der Waals surface area contributed by atoms with Gasteiger partial charge < -0.3 is 5.11 Å². The van der Waals surface area contributed by atoms with Crippen LogP contribution in [0.15, 0.2) is 30.3 Å². The standard InChI is InChI=1S/C21H26FN3O4S/c1-13(2)19-17(11-6-14(3)12-18(26)27)20(15-7-9-16(22)10-8-15)24-21(23-19)25(4)30(5,28)29/h6-11,13-14H,12H2,1-5H3,(H,26,27)/b11-6+. The van der Waals surface area contributed by atoms with Gasteiger partial charge >= 0.3 is 5.97 Å². The molecule has 9 heteroatoms. The first-order chi connectivity index (χ1) is 13.9. The Morgan fingerprint density at radius 3 is 2.30 bits per heavy atom. The highest BCUT2D eigenvalue weighted by molar-refractivity contribution is 7.92. The number of nitrogens with zero attached hydrogens (tertiary/aromatic N) is 3. The second kappa shape index (κ2) is 9.34. The van der Waals surface area contributed by atoms with Crippen LogP contribution >= 0.6 is 0 Å². The van der Waals surface area contributed by atoms with Crippen LogP contribution in [0.4, 0.5) is 10.3 Å². The van der Waals surface area contributed by atoms with E-state index in [0.29, 0.717) is 22.5 Å². The Morgan fingerprint density at radius 2 is 1.80 bits per heavy atom. The number of benzene rings is 1. The zero-order valence-corrected chi connectivity index (χ0v) is 18.4. The number of hydrogen-bond acceptors (Lipinski definition) is 5. The van der Waals surface area contributed by atoms with Crippen LogP contribution < -0.4 is 4.31 Å². The Kier molecular flexibility index (Phi) is 7.30. The second-order valence-corrected chi connectivity index (χ2v) is 9.51. The predicted molar refractivity (Wildman–Crippen MR) is 115 cm³/mol. The van der Waals surface area contributed by atoms with Crippen molar-refractivity contribution in [3.63, 3.8) is 0 Å². The SMILES string of the molecule is CC(/C=C/c1c(-c2ccc(F)cc2)nc(N(C)S(C)(=O)=O)nc1C(C)C)CC(=O)O. The first kappa shape index (κ1) is 23.5. The van der Waals surface area contributed by atoms with Gasteiger partial charge in [-0.25, -0.2) is 27.1 Å². The number of halogens is 1. The molecule has 0 radical (unpaired) electrons. The largest absolute Gasteiger partial charge is 0.481 e. The van der Waals surface area contributed by atoms with E-state index in [4.69, 9.17) is 5.11 Å². The highest BCUT2D eigenvalue weighted by atomic mass is 32.2. The third-order valence-corrected chi connectivity index (χ3v) is 5.65. The van der Waals surface area contributed by atoms with Gasteiger partial charge in [0.15, 0.2) is 0 Å². The van der Waals surface area contributed by atoms with Crippen molar-refractivity contribution in [2.75, 3.05) is 17.6 Å². The zero-order valence-electron chi connectivity index (χ0n) is 17.6. The van der Waals surface area contributed by atoms with Crippen molar-refractivity contribution in [3.05, 3.63) is 47.4 Å². The molecule has 0 aliphatic heterocycles. The molecule has 0 bridgehead atoms. The van der Waals surface area contributed by atoms with E-state index in [1.165, 1.54) is 19.2 Å². The minimum Gasteiger partial charge on any atom is -0.481 e. The van der Waals surface area contributed by atoms with Crippen molar-refractivity contribution in [2.45, 2.75) is 33.1 Å². The third kappa shape index (κ3) is 5.85. The molecule has 1 unspecified atom stereocenters. The van der Waals surface area contributed by atoms with E-state index < -0.39 is 21.8 Å².